The molecule has 1 N–H and O–H groups in total. The SMILES string of the molecule is O=c1nc(-c2cccnc2)c2ccc(F)cc2[nH]1. The van der Waals surface area contributed by atoms with E-state index in [2.05, 4.69) is 15.0 Å². The Morgan fingerprint density at radius 3 is 2.89 bits per heavy atom. The Kier molecular flexibility index (Phi) is 2.37. The average Bonchev–Trinajstić information content (AvgIpc) is 2.38. The third kappa shape index (κ3) is 1.75. The molecule has 0 fully saturated rings. The zero-order valence-electron chi connectivity index (χ0n) is 9.22. The highest BCUT2D eigenvalue weighted by molar-refractivity contribution is 5.91. The monoisotopic (exact) mass is 241 g/mol. The summed E-state index contributed by atoms with van der Waals surface area (Å²) in [4.78, 5) is 21.9. The molecule has 18 heavy (non-hydrogen) atoms. The Hall–Kier alpha value is -2.56. The molecule has 0 amide bonds. The summed E-state index contributed by atoms with van der Waals surface area (Å²) >= 11 is 0. The molecule has 5 heteroatoms. The Bertz CT molecular complexity index is 768. The van der Waals surface area contributed by atoms with Gasteiger partial charge in [0.1, 0.15) is 5.82 Å². The predicted molar refractivity (Wildman–Crippen MR) is 65.6 cm³/mol. The molecule has 2 heterocycles. The van der Waals surface area contributed by atoms with E-state index in [4.69, 9.17) is 0 Å². The normalized spacial score (nSPS) is 10.7. The Morgan fingerprint density at radius 1 is 1.22 bits per heavy atom. The lowest BCUT2D eigenvalue weighted by Crippen LogP contribution is -2.11. The molecule has 0 aliphatic heterocycles. The summed E-state index contributed by atoms with van der Waals surface area (Å²) in [5.74, 6) is -0.401. The molecule has 0 aliphatic carbocycles. The molecule has 1 aromatic carbocycles. The molecule has 0 bridgehead atoms. The van der Waals surface area contributed by atoms with Gasteiger partial charge in [-0.1, -0.05) is 0 Å². The summed E-state index contributed by atoms with van der Waals surface area (Å²) in [6.07, 6.45) is 3.25. The number of benzene rings is 1. The van der Waals surface area contributed by atoms with Crippen molar-refractivity contribution in [2.24, 2.45) is 0 Å². The van der Waals surface area contributed by atoms with Gasteiger partial charge in [-0.15, -0.1) is 0 Å². The molecule has 3 rings (SSSR count). The maximum atomic E-state index is 13.1. The van der Waals surface area contributed by atoms with Gasteiger partial charge in [0.15, 0.2) is 0 Å². The van der Waals surface area contributed by atoms with Crippen LogP contribution in [0.3, 0.4) is 0 Å². The Labute approximate surface area is 101 Å². The fraction of sp³-hybridized carbons (Fsp3) is 0. The largest absolute Gasteiger partial charge is 0.345 e. The highest BCUT2D eigenvalue weighted by Crippen LogP contribution is 2.23. The quantitative estimate of drug-likeness (QED) is 0.710. The van der Waals surface area contributed by atoms with E-state index < -0.39 is 11.5 Å². The van der Waals surface area contributed by atoms with Crippen LogP contribution in [0, 0.1) is 5.82 Å². The van der Waals surface area contributed by atoms with Crippen LogP contribution < -0.4 is 5.69 Å². The third-order valence-corrected chi connectivity index (χ3v) is 2.63. The van der Waals surface area contributed by atoms with E-state index in [1.807, 2.05) is 0 Å². The van der Waals surface area contributed by atoms with E-state index in [0.717, 1.165) is 5.56 Å². The molecule has 0 spiro atoms. The van der Waals surface area contributed by atoms with Crippen molar-refractivity contribution in [1.29, 1.82) is 0 Å². The van der Waals surface area contributed by atoms with Gasteiger partial charge < -0.3 is 4.98 Å². The minimum Gasteiger partial charge on any atom is -0.305 e. The molecule has 0 unspecified atom stereocenters. The van der Waals surface area contributed by atoms with Gasteiger partial charge in [0, 0.05) is 23.3 Å². The van der Waals surface area contributed by atoms with Crippen molar-refractivity contribution in [2.45, 2.75) is 0 Å². The maximum absolute atomic E-state index is 13.1. The van der Waals surface area contributed by atoms with Crippen LogP contribution in [-0.4, -0.2) is 15.0 Å². The molecule has 4 nitrogen and oxygen atoms in total. The van der Waals surface area contributed by atoms with E-state index in [9.17, 15) is 9.18 Å². The van der Waals surface area contributed by atoms with Crippen LogP contribution in [0.1, 0.15) is 0 Å². The summed E-state index contributed by atoms with van der Waals surface area (Å²) in [6, 6.07) is 7.77. The first kappa shape index (κ1) is 10.6. The molecule has 0 aliphatic rings. The Morgan fingerprint density at radius 2 is 2.11 bits per heavy atom. The van der Waals surface area contributed by atoms with Gasteiger partial charge in [0.05, 0.1) is 11.2 Å². The lowest BCUT2D eigenvalue weighted by molar-refractivity contribution is 0.629. The summed E-state index contributed by atoms with van der Waals surface area (Å²) < 4.78 is 13.1. The summed E-state index contributed by atoms with van der Waals surface area (Å²) in [6.45, 7) is 0. The number of pyridine rings is 1. The van der Waals surface area contributed by atoms with Crippen LogP contribution in [0.2, 0.25) is 0 Å². The van der Waals surface area contributed by atoms with E-state index in [1.54, 1.807) is 30.6 Å². The van der Waals surface area contributed by atoms with Crippen LogP contribution in [0.4, 0.5) is 4.39 Å². The van der Waals surface area contributed by atoms with Crippen molar-refractivity contribution in [3.63, 3.8) is 0 Å². The third-order valence-electron chi connectivity index (χ3n) is 2.63. The first-order valence-electron chi connectivity index (χ1n) is 5.34. The number of nitrogens with one attached hydrogen (secondary N) is 1. The molecule has 0 radical (unpaired) electrons. The van der Waals surface area contributed by atoms with Crippen LogP contribution in [-0.2, 0) is 0 Å². The van der Waals surface area contributed by atoms with Gasteiger partial charge in [-0.25, -0.2) is 9.18 Å². The number of H-pyrrole nitrogens is 1. The molecular formula is C13H8FN3O. The number of fused-ring (bicyclic) bond motifs is 1. The van der Waals surface area contributed by atoms with E-state index >= 15 is 0 Å². The van der Waals surface area contributed by atoms with Gasteiger partial charge in [0.25, 0.3) is 0 Å². The van der Waals surface area contributed by atoms with E-state index in [1.165, 1.54) is 12.1 Å². The van der Waals surface area contributed by atoms with E-state index in [0.29, 0.717) is 16.6 Å². The number of hydrogen-bond acceptors (Lipinski definition) is 3. The van der Waals surface area contributed by atoms with Gasteiger partial charge in [-0.05, 0) is 30.3 Å². The topological polar surface area (TPSA) is 58.6 Å². The molecule has 0 saturated carbocycles. The van der Waals surface area contributed by atoms with Crippen molar-refractivity contribution >= 4 is 10.9 Å². The Balaban J connectivity index is 2.39. The predicted octanol–water partition coefficient (Wildman–Crippen LogP) is 2.12. The lowest BCUT2D eigenvalue weighted by Gasteiger charge is -2.04. The summed E-state index contributed by atoms with van der Waals surface area (Å²) in [5, 5.41) is 0.684. The second-order valence-electron chi connectivity index (χ2n) is 3.82. The van der Waals surface area contributed by atoms with Crippen LogP contribution in [0.5, 0.6) is 0 Å². The van der Waals surface area contributed by atoms with Crippen molar-refractivity contribution < 1.29 is 4.39 Å². The zero-order valence-corrected chi connectivity index (χ0v) is 9.22. The van der Waals surface area contributed by atoms with Gasteiger partial charge in [-0.3, -0.25) is 4.98 Å². The molecular weight excluding hydrogens is 233 g/mol. The number of halogens is 1. The van der Waals surface area contributed by atoms with Crippen LogP contribution >= 0.6 is 0 Å². The van der Waals surface area contributed by atoms with Crippen molar-refractivity contribution in [1.82, 2.24) is 15.0 Å². The maximum Gasteiger partial charge on any atom is 0.345 e. The van der Waals surface area contributed by atoms with E-state index in [-0.39, 0.29) is 0 Å². The molecule has 0 atom stereocenters. The number of aromatic amines is 1. The summed E-state index contributed by atoms with van der Waals surface area (Å²) in [5.41, 5.74) is 1.14. The minimum atomic E-state index is -0.507. The average molecular weight is 241 g/mol. The van der Waals surface area contributed by atoms with Gasteiger partial charge in [0.2, 0.25) is 0 Å². The van der Waals surface area contributed by atoms with Gasteiger partial charge >= 0.3 is 5.69 Å². The number of rotatable bonds is 1. The lowest BCUT2D eigenvalue weighted by atomic mass is 10.1. The fourth-order valence-corrected chi connectivity index (χ4v) is 1.85. The second-order valence-corrected chi connectivity index (χ2v) is 3.82. The van der Waals surface area contributed by atoms with Crippen molar-refractivity contribution in [3.05, 3.63) is 59.0 Å². The molecule has 3 aromatic rings. The number of hydrogen-bond donors (Lipinski definition) is 1. The number of aromatic nitrogens is 3. The zero-order chi connectivity index (χ0) is 12.5. The smallest absolute Gasteiger partial charge is 0.305 e. The molecule has 0 saturated heterocycles. The summed E-state index contributed by atoms with van der Waals surface area (Å²) in [7, 11) is 0. The first-order chi connectivity index (χ1) is 8.74. The molecule has 2 aromatic heterocycles. The van der Waals surface area contributed by atoms with Crippen molar-refractivity contribution in [3.8, 4) is 11.3 Å². The second kappa shape index (κ2) is 4.03. The number of nitrogens with zero attached hydrogens (tertiary/aromatic N) is 2. The highest BCUT2D eigenvalue weighted by Gasteiger charge is 2.08. The van der Waals surface area contributed by atoms with Crippen molar-refractivity contribution in [2.75, 3.05) is 0 Å². The fourth-order valence-electron chi connectivity index (χ4n) is 1.85. The van der Waals surface area contributed by atoms with Crippen LogP contribution in [0.15, 0.2) is 47.5 Å². The minimum absolute atomic E-state index is 0.401. The standard InChI is InChI=1S/C13H8FN3O/c14-9-3-4-10-11(6-9)16-13(18)17-12(10)8-2-1-5-15-7-8/h1-7H,(H,16,17,18). The highest BCUT2D eigenvalue weighted by atomic mass is 19.1. The van der Waals surface area contributed by atoms with Crippen LogP contribution in [0.25, 0.3) is 22.2 Å². The first-order valence-corrected chi connectivity index (χ1v) is 5.34. The molecule has 88 valence electrons. The van der Waals surface area contributed by atoms with Gasteiger partial charge in [-0.2, -0.15) is 4.98 Å².